The van der Waals surface area contributed by atoms with Crippen LogP contribution in [0.5, 0.6) is 0 Å². The van der Waals surface area contributed by atoms with E-state index in [1.54, 1.807) is 18.6 Å². The number of hydrogen-bond donors (Lipinski definition) is 2. The predicted octanol–water partition coefficient (Wildman–Crippen LogP) is 0.615. The molecule has 0 aliphatic carbocycles. The maximum Gasteiger partial charge on any atom is 0.206 e. The predicted molar refractivity (Wildman–Crippen MR) is 62.7 cm³/mol. The van der Waals surface area contributed by atoms with Crippen molar-refractivity contribution in [1.82, 2.24) is 14.5 Å². The highest BCUT2D eigenvalue weighted by atomic mass is 16.4. The van der Waals surface area contributed by atoms with Crippen LogP contribution >= 0.6 is 0 Å². The van der Waals surface area contributed by atoms with Gasteiger partial charge in [-0.15, -0.1) is 0 Å². The second kappa shape index (κ2) is 5.11. The summed E-state index contributed by atoms with van der Waals surface area (Å²) in [4.78, 5) is 8.25. The zero-order valence-electron chi connectivity index (χ0n) is 9.19. The van der Waals surface area contributed by atoms with Gasteiger partial charge in [0, 0.05) is 37.3 Å². The van der Waals surface area contributed by atoms with Crippen molar-refractivity contribution in [2.24, 2.45) is 10.9 Å². The van der Waals surface area contributed by atoms with Crippen molar-refractivity contribution in [3.8, 4) is 0 Å². The molecule has 2 rings (SSSR count). The maximum atomic E-state index is 8.61. The Morgan fingerprint density at radius 1 is 1.35 bits per heavy atom. The lowest BCUT2D eigenvalue weighted by atomic mass is 10.2. The number of imidazole rings is 1. The number of nitrogens with zero attached hydrogens (tertiary/aromatic N) is 4. The molecule has 0 bridgehead atoms. The van der Waals surface area contributed by atoms with Gasteiger partial charge in [0.15, 0.2) is 5.82 Å². The van der Waals surface area contributed by atoms with Crippen LogP contribution in [0.4, 0.5) is 0 Å². The number of oxime groups is 1. The molecule has 2 heterocycles. The molecule has 0 atom stereocenters. The molecular weight excluding hydrogens is 218 g/mol. The van der Waals surface area contributed by atoms with E-state index in [4.69, 9.17) is 10.9 Å². The Balaban J connectivity index is 2.07. The first-order valence-electron chi connectivity index (χ1n) is 5.20. The standard InChI is InChI=1S/C11H13N5O/c12-10(15-17)11-14-6-8-16(11)7-4-9-3-1-2-5-13-9/h1-3,5-6,8,17H,4,7H2,(H2,12,15). The molecule has 3 N–H and O–H groups in total. The molecule has 0 unspecified atom stereocenters. The van der Waals surface area contributed by atoms with E-state index in [-0.39, 0.29) is 5.84 Å². The zero-order valence-corrected chi connectivity index (χ0v) is 9.19. The molecule has 0 aliphatic heterocycles. The van der Waals surface area contributed by atoms with E-state index in [0.29, 0.717) is 12.4 Å². The summed E-state index contributed by atoms with van der Waals surface area (Å²) in [6, 6.07) is 5.78. The lowest BCUT2D eigenvalue weighted by Gasteiger charge is -2.05. The number of hydrogen-bond acceptors (Lipinski definition) is 4. The van der Waals surface area contributed by atoms with E-state index in [0.717, 1.165) is 12.1 Å². The van der Waals surface area contributed by atoms with Crippen LogP contribution in [0, 0.1) is 0 Å². The fourth-order valence-corrected chi connectivity index (χ4v) is 1.55. The molecule has 0 spiro atoms. The van der Waals surface area contributed by atoms with E-state index in [1.807, 2.05) is 22.8 Å². The molecule has 0 radical (unpaired) electrons. The largest absolute Gasteiger partial charge is 0.409 e. The lowest BCUT2D eigenvalue weighted by molar-refractivity contribution is 0.318. The van der Waals surface area contributed by atoms with Crippen LogP contribution in [0.15, 0.2) is 41.9 Å². The van der Waals surface area contributed by atoms with Crippen molar-refractivity contribution in [3.05, 3.63) is 48.3 Å². The van der Waals surface area contributed by atoms with Gasteiger partial charge in [0.05, 0.1) is 0 Å². The molecule has 2 aromatic heterocycles. The van der Waals surface area contributed by atoms with E-state index in [2.05, 4.69) is 15.1 Å². The number of rotatable bonds is 4. The number of aryl methyl sites for hydroxylation is 2. The van der Waals surface area contributed by atoms with Gasteiger partial charge in [0.25, 0.3) is 0 Å². The topological polar surface area (TPSA) is 89.3 Å². The van der Waals surface area contributed by atoms with Crippen LogP contribution in [-0.2, 0) is 13.0 Å². The van der Waals surface area contributed by atoms with Gasteiger partial charge in [0.1, 0.15) is 0 Å². The molecule has 0 aliphatic rings. The lowest BCUT2D eigenvalue weighted by Crippen LogP contribution is -2.20. The number of amidine groups is 1. The molecule has 17 heavy (non-hydrogen) atoms. The summed E-state index contributed by atoms with van der Waals surface area (Å²) in [5, 5.41) is 11.6. The third kappa shape index (κ3) is 2.60. The van der Waals surface area contributed by atoms with Crippen molar-refractivity contribution in [3.63, 3.8) is 0 Å². The summed E-state index contributed by atoms with van der Waals surface area (Å²) in [6.45, 7) is 0.683. The highest BCUT2D eigenvalue weighted by Crippen LogP contribution is 2.02. The van der Waals surface area contributed by atoms with E-state index in [9.17, 15) is 0 Å². The minimum Gasteiger partial charge on any atom is -0.409 e. The van der Waals surface area contributed by atoms with Gasteiger partial charge >= 0.3 is 0 Å². The molecule has 0 amide bonds. The van der Waals surface area contributed by atoms with Crippen molar-refractivity contribution >= 4 is 5.84 Å². The van der Waals surface area contributed by atoms with E-state index in [1.165, 1.54) is 0 Å². The highest BCUT2D eigenvalue weighted by molar-refractivity contribution is 5.93. The molecule has 6 heteroatoms. The van der Waals surface area contributed by atoms with E-state index >= 15 is 0 Å². The first-order valence-corrected chi connectivity index (χ1v) is 5.20. The number of aromatic nitrogens is 3. The van der Waals surface area contributed by atoms with Gasteiger partial charge < -0.3 is 15.5 Å². The van der Waals surface area contributed by atoms with Crippen LogP contribution < -0.4 is 5.73 Å². The van der Waals surface area contributed by atoms with Gasteiger partial charge in [0.2, 0.25) is 5.84 Å². The Hall–Kier alpha value is -2.37. The summed E-state index contributed by atoms with van der Waals surface area (Å²) in [5.41, 5.74) is 6.50. The first-order chi connectivity index (χ1) is 8.31. The summed E-state index contributed by atoms with van der Waals surface area (Å²) in [7, 11) is 0. The quantitative estimate of drug-likeness (QED) is 0.349. The first kappa shape index (κ1) is 11.1. The molecule has 6 nitrogen and oxygen atoms in total. The van der Waals surface area contributed by atoms with Crippen molar-refractivity contribution < 1.29 is 5.21 Å². The second-order valence-electron chi connectivity index (χ2n) is 3.50. The molecule has 2 aromatic rings. The molecule has 0 fully saturated rings. The fourth-order valence-electron chi connectivity index (χ4n) is 1.55. The van der Waals surface area contributed by atoms with Crippen LogP contribution in [0.2, 0.25) is 0 Å². The third-order valence-electron chi connectivity index (χ3n) is 2.39. The van der Waals surface area contributed by atoms with Gasteiger partial charge in [-0.3, -0.25) is 4.98 Å². The van der Waals surface area contributed by atoms with Crippen LogP contribution in [0.1, 0.15) is 11.5 Å². The van der Waals surface area contributed by atoms with Crippen LogP contribution in [-0.4, -0.2) is 25.6 Å². The maximum absolute atomic E-state index is 8.61. The Kier molecular flexibility index (Phi) is 3.34. The summed E-state index contributed by atoms with van der Waals surface area (Å²) in [6.07, 6.45) is 5.93. The van der Waals surface area contributed by atoms with Crippen LogP contribution in [0.3, 0.4) is 0 Å². The molecule has 0 saturated heterocycles. The molecular formula is C11H13N5O. The zero-order chi connectivity index (χ0) is 12.1. The molecule has 0 saturated carbocycles. The average molecular weight is 231 g/mol. The van der Waals surface area contributed by atoms with Gasteiger partial charge in [-0.25, -0.2) is 4.98 Å². The third-order valence-corrected chi connectivity index (χ3v) is 2.39. The van der Waals surface area contributed by atoms with Crippen molar-refractivity contribution in [1.29, 1.82) is 0 Å². The van der Waals surface area contributed by atoms with E-state index < -0.39 is 0 Å². The number of nitrogens with two attached hydrogens (primary N) is 1. The molecule has 88 valence electrons. The SMILES string of the molecule is NC(=NO)c1nccn1CCc1ccccn1. The smallest absolute Gasteiger partial charge is 0.206 e. The minimum atomic E-state index is 0.0102. The van der Waals surface area contributed by atoms with Crippen molar-refractivity contribution in [2.45, 2.75) is 13.0 Å². The normalized spacial score (nSPS) is 11.6. The highest BCUT2D eigenvalue weighted by Gasteiger charge is 2.07. The fraction of sp³-hybridized carbons (Fsp3) is 0.182. The monoisotopic (exact) mass is 231 g/mol. The Morgan fingerprint density at radius 3 is 2.94 bits per heavy atom. The average Bonchev–Trinajstić information content (AvgIpc) is 2.85. The van der Waals surface area contributed by atoms with Gasteiger partial charge in [-0.1, -0.05) is 11.2 Å². The van der Waals surface area contributed by atoms with Crippen LogP contribution in [0.25, 0.3) is 0 Å². The second-order valence-corrected chi connectivity index (χ2v) is 3.50. The Labute approximate surface area is 98.4 Å². The Morgan fingerprint density at radius 2 is 2.24 bits per heavy atom. The van der Waals surface area contributed by atoms with Crippen molar-refractivity contribution in [2.75, 3.05) is 0 Å². The van der Waals surface area contributed by atoms with Gasteiger partial charge in [-0.2, -0.15) is 0 Å². The van der Waals surface area contributed by atoms with Gasteiger partial charge in [-0.05, 0) is 12.1 Å². The summed E-state index contributed by atoms with van der Waals surface area (Å²) >= 11 is 0. The molecule has 0 aromatic carbocycles. The summed E-state index contributed by atoms with van der Waals surface area (Å²) < 4.78 is 1.82. The minimum absolute atomic E-state index is 0.0102. The Bertz CT molecular complexity index is 506. The number of pyridine rings is 1. The summed E-state index contributed by atoms with van der Waals surface area (Å²) in [5.74, 6) is 0.472.